The van der Waals surface area contributed by atoms with Gasteiger partial charge in [-0.15, -0.1) is 0 Å². The van der Waals surface area contributed by atoms with Gasteiger partial charge >= 0.3 is 11.9 Å². The van der Waals surface area contributed by atoms with Gasteiger partial charge in [0.15, 0.2) is 24.8 Å². The summed E-state index contributed by atoms with van der Waals surface area (Å²) in [5, 5.41) is 10.7. The lowest BCUT2D eigenvalue weighted by Crippen LogP contribution is -2.66. The molecule has 2 aliphatic heterocycles. The van der Waals surface area contributed by atoms with E-state index in [0.717, 1.165) is 22.3 Å². The van der Waals surface area contributed by atoms with Crippen LogP contribution in [0.5, 0.6) is 0 Å². The number of rotatable bonds is 19. The zero-order valence-electron chi connectivity index (χ0n) is 32.9. The van der Waals surface area contributed by atoms with E-state index in [0.29, 0.717) is 6.61 Å². The Morgan fingerprint density at radius 2 is 0.948 bits per heavy atom. The summed E-state index contributed by atoms with van der Waals surface area (Å²) in [5.41, 5.74) is 3.69. The summed E-state index contributed by atoms with van der Waals surface area (Å²) in [6.45, 7) is 2.78. The monoisotopic (exact) mass is 800 g/mol. The average Bonchev–Trinajstić information content (AvgIpc) is 3.24. The summed E-state index contributed by atoms with van der Waals surface area (Å²) in [6, 6.07) is 38.8. The summed E-state index contributed by atoms with van der Waals surface area (Å²) in [5.74, 6) is -1.35. The Hall–Kier alpha value is -4.54. The molecule has 2 heterocycles. The molecule has 0 saturated carbocycles. The standard InChI is InChI=1S/C45H52O13/c1-30(47)54-41-39(36(24-46)56-44(49-3)43(41)55-31(2)48)58-45-42(53-28-35-22-14-7-15-23-35)40(52-27-34-20-12-6-13-21-34)38(51-26-33-18-10-5-11-19-33)37(57-45)29-50-25-32-16-8-4-9-17-32/h4-23,36-46H,24-29H2,1-3H3/t36-,37-,38+,39+,40+,41+,42-,43-,44-,45-/m1/s1. The molecule has 0 aromatic heterocycles. The second-order valence-corrected chi connectivity index (χ2v) is 14.0. The van der Waals surface area contributed by atoms with Crippen LogP contribution in [0.15, 0.2) is 121 Å². The third-order valence-electron chi connectivity index (χ3n) is 9.74. The van der Waals surface area contributed by atoms with Crippen molar-refractivity contribution in [3.8, 4) is 0 Å². The number of ether oxygens (including phenoxy) is 10. The molecule has 2 aliphatic rings. The fraction of sp³-hybridized carbons (Fsp3) is 0.422. The summed E-state index contributed by atoms with van der Waals surface area (Å²) in [6.07, 6.45) is -10.8. The van der Waals surface area contributed by atoms with E-state index >= 15 is 0 Å². The first-order valence-electron chi connectivity index (χ1n) is 19.4. The van der Waals surface area contributed by atoms with Gasteiger partial charge in [-0.1, -0.05) is 121 Å². The number of hydrogen-bond donors (Lipinski definition) is 1. The van der Waals surface area contributed by atoms with Gasteiger partial charge in [0.1, 0.15) is 36.6 Å². The number of methoxy groups -OCH3 is 1. The third-order valence-corrected chi connectivity index (χ3v) is 9.74. The maximum atomic E-state index is 12.6. The number of carbonyl (C=O) groups is 2. The van der Waals surface area contributed by atoms with Gasteiger partial charge in [0.05, 0.1) is 39.6 Å². The Morgan fingerprint density at radius 3 is 1.41 bits per heavy atom. The molecular formula is C45H52O13. The molecule has 0 radical (unpaired) electrons. The number of esters is 2. The predicted molar refractivity (Wildman–Crippen MR) is 209 cm³/mol. The van der Waals surface area contributed by atoms with E-state index in [4.69, 9.17) is 47.4 Å². The van der Waals surface area contributed by atoms with Gasteiger partial charge in [0.25, 0.3) is 0 Å². The minimum Gasteiger partial charge on any atom is -0.455 e. The maximum absolute atomic E-state index is 12.6. The average molecular weight is 801 g/mol. The zero-order valence-corrected chi connectivity index (χ0v) is 32.9. The molecule has 310 valence electrons. The highest BCUT2D eigenvalue weighted by molar-refractivity contribution is 5.67. The Kier molecular flexibility index (Phi) is 16.3. The molecule has 6 rings (SSSR count). The highest BCUT2D eigenvalue weighted by Gasteiger charge is 2.55. The lowest BCUT2D eigenvalue weighted by molar-refractivity contribution is -0.369. The third kappa shape index (κ3) is 12.0. The molecule has 58 heavy (non-hydrogen) atoms. The molecule has 2 saturated heterocycles. The lowest BCUT2D eigenvalue weighted by atomic mass is 9.96. The van der Waals surface area contributed by atoms with Crippen LogP contribution in [0.25, 0.3) is 0 Å². The molecule has 0 bridgehead atoms. The molecule has 4 aromatic carbocycles. The second kappa shape index (κ2) is 22.0. The fourth-order valence-electron chi connectivity index (χ4n) is 7.03. The van der Waals surface area contributed by atoms with Crippen molar-refractivity contribution in [3.05, 3.63) is 144 Å². The molecule has 0 spiro atoms. The van der Waals surface area contributed by atoms with Crippen molar-refractivity contribution in [1.82, 2.24) is 0 Å². The van der Waals surface area contributed by atoms with Crippen molar-refractivity contribution in [2.75, 3.05) is 20.3 Å². The summed E-state index contributed by atoms with van der Waals surface area (Å²) in [7, 11) is 1.35. The number of benzene rings is 4. The molecule has 4 aromatic rings. The Morgan fingerprint density at radius 1 is 0.517 bits per heavy atom. The highest BCUT2D eigenvalue weighted by atomic mass is 16.8. The first kappa shape index (κ1) is 43.0. The molecule has 13 heteroatoms. The van der Waals surface area contributed by atoms with Crippen LogP contribution in [0.2, 0.25) is 0 Å². The van der Waals surface area contributed by atoms with Gasteiger partial charge in [0.2, 0.25) is 0 Å². The second-order valence-electron chi connectivity index (χ2n) is 14.0. The maximum Gasteiger partial charge on any atom is 0.303 e. The van der Waals surface area contributed by atoms with E-state index in [1.54, 1.807) is 0 Å². The lowest BCUT2D eigenvalue weighted by Gasteiger charge is -2.49. The van der Waals surface area contributed by atoms with Crippen LogP contribution in [0.1, 0.15) is 36.1 Å². The van der Waals surface area contributed by atoms with Gasteiger partial charge in [-0.05, 0) is 22.3 Å². The van der Waals surface area contributed by atoms with Crippen LogP contribution in [-0.4, -0.2) is 98.8 Å². The van der Waals surface area contributed by atoms with Gasteiger partial charge in [-0.25, -0.2) is 0 Å². The first-order valence-corrected chi connectivity index (χ1v) is 19.4. The topological polar surface area (TPSA) is 147 Å². The van der Waals surface area contributed by atoms with Crippen LogP contribution >= 0.6 is 0 Å². The number of carbonyl (C=O) groups excluding carboxylic acids is 2. The molecular weight excluding hydrogens is 748 g/mol. The van der Waals surface area contributed by atoms with E-state index in [1.165, 1.54) is 21.0 Å². The van der Waals surface area contributed by atoms with Crippen molar-refractivity contribution >= 4 is 11.9 Å². The van der Waals surface area contributed by atoms with E-state index in [9.17, 15) is 14.7 Å². The van der Waals surface area contributed by atoms with Crippen LogP contribution < -0.4 is 0 Å². The fourth-order valence-corrected chi connectivity index (χ4v) is 7.03. The SMILES string of the molecule is CO[C@@H]1O[C@H](CO)[C@H](O[C@H]2O[C@H](COCc3ccccc3)[C@H](OCc3ccccc3)[C@H](OCc3ccccc3)[C@H]2OCc2ccccc2)[C@H](OC(C)=O)[C@H]1OC(C)=O. The molecule has 0 amide bonds. The van der Waals surface area contributed by atoms with Gasteiger partial charge in [-0.3, -0.25) is 9.59 Å². The van der Waals surface area contributed by atoms with Crippen molar-refractivity contribution < 1.29 is 62.1 Å². The van der Waals surface area contributed by atoms with Crippen molar-refractivity contribution in [1.29, 1.82) is 0 Å². The Labute approximate surface area is 339 Å². The number of hydrogen-bond acceptors (Lipinski definition) is 13. The van der Waals surface area contributed by atoms with Crippen molar-refractivity contribution in [3.63, 3.8) is 0 Å². The summed E-state index contributed by atoms with van der Waals surface area (Å²) in [4.78, 5) is 25.0. The molecule has 13 nitrogen and oxygen atoms in total. The predicted octanol–water partition coefficient (Wildman–Crippen LogP) is 5.30. The van der Waals surface area contributed by atoms with Gasteiger partial charge in [-0.2, -0.15) is 0 Å². The normalized spacial score (nSPS) is 27.1. The van der Waals surface area contributed by atoms with Crippen LogP contribution in [0, 0.1) is 0 Å². The Bertz CT molecular complexity index is 1800. The smallest absolute Gasteiger partial charge is 0.303 e. The molecule has 0 aliphatic carbocycles. The molecule has 10 atom stereocenters. The molecule has 2 fully saturated rings. The largest absolute Gasteiger partial charge is 0.455 e. The van der Waals surface area contributed by atoms with E-state index < -0.39 is 80.0 Å². The highest BCUT2D eigenvalue weighted by Crippen LogP contribution is 2.36. The van der Waals surface area contributed by atoms with Gasteiger partial charge in [0, 0.05) is 21.0 Å². The van der Waals surface area contributed by atoms with E-state index in [2.05, 4.69) is 0 Å². The zero-order chi connectivity index (χ0) is 40.7. The Balaban J connectivity index is 1.39. The van der Waals surface area contributed by atoms with E-state index in [1.807, 2.05) is 121 Å². The van der Waals surface area contributed by atoms with Crippen molar-refractivity contribution in [2.45, 2.75) is 102 Å². The van der Waals surface area contributed by atoms with Crippen molar-refractivity contribution in [2.24, 2.45) is 0 Å². The summed E-state index contributed by atoms with van der Waals surface area (Å²) >= 11 is 0. The minimum absolute atomic E-state index is 0.0601. The number of aliphatic hydroxyl groups is 1. The first-order chi connectivity index (χ1) is 28.3. The van der Waals surface area contributed by atoms with Crippen LogP contribution in [0.4, 0.5) is 0 Å². The van der Waals surface area contributed by atoms with Crippen LogP contribution in [0.3, 0.4) is 0 Å². The molecule has 0 unspecified atom stereocenters. The number of aliphatic hydroxyl groups excluding tert-OH is 1. The molecule has 1 N–H and O–H groups in total. The van der Waals surface area contributed by atoms with Crippen LogP contribution in [-0.2, 0) is 83.4 Å². The quantitative estimate of drug-likeness (QED) is 0.123. The van der Waals surface area contributed by atoms with E-state index in [-0.39, 0.29) is 26.4 Å². The van der Waals surface area contributed by atoms with Gasteiger partial charge < -0.3 is 52.5 Å². The minimum atomic E-state index is -1.29. The summed E-state index contributed by atoms with van der Waals surface area (Å²) < 4.78 is 63.2.